The van der Waals surface area contributed by atoms with Crippen LogP contribution in [0.3, 0.4) is 0 Å². The molecule has 0 fully saturated rings. The number of thioether (sulfide) groups is 1. The molecule has 1 unspecified atom stereocenters. The van der Waals surface area contributed by atoms with Crippen molar-refractivity contribution in [1.82, 2.24) is 5.43 Å². The molecule has 1 aliphatic rings. The minimum atomic E-state index is 0.519. The van der Waals surface area contributed by atoms with Crippen molar-refractivity contribution in [3.8, 4) is 0 Å². The van der Waals surface area contributed by atoms with Crippen molar-refractivity contribution in [2.24, 2.45) is 4.99 Å². The largest absolute Gasteiger partial charge is 0.296 e. The maximum absolute atomic E-state index is 6.01. The Morgan fingerprint density at radius 2 is 2.00 bits per heavy atom. The van der Waals surface area contributed by atoms with Crippen molar-refractivity contribution in [1.29, 1.82) is 0 Å². The molecule has 0 amide bonds. The third kappa shape index (κ3) is 2.75. The van der Waals surface area contributed by atoms with Crippen LogP contribution in [0, 0.1) is 0 Å². The third-order valence-corrected chi connectivity index (χ3v) is 3.70. The normalized spacial score (nSPS) is 19.4. The van der Waals surface area contributed by atoms with Crippen molar-refractivity contribution < 1.29 is 0 Å². The van der Waals surface area contributed by atoms with Gasteiger partial charge < -0.3 is 0 Å². The van der Waals surface area contributed by atoms with Crippen LogP contribution < -0.4 is 10.9 Å². The Kier molecular flexibility index (Phi) is 3.84. The topological polar surface area (TPSA) is 36.4 Å². The summed E-state index contributed by atoms with van der Waals surface area (Å²) in [5.41, 5.74) is 6.66. The lowest BCUT2D eigenvalue weighted by Gasteiger charge is -2.11. The molecule has 1 aromatic carbocycles. The number of hydrogen-bond donors (Lipinski definition) is 2. The molecule has 0 saturated carbocycles. The number of nitrogens with one attached hydrogen (secondary N) is 2. The second kappa shape index (κ2) is 5.17. The Morgan fingerprint density at radius 3 is 2.56 bits per heavy atom. The minimum Gasteiger partial charge on any atom is -0.296 e. The molecule has 0 aromatic heterocycles. The molecule has 3 nitrogen and oxygen atoms in total. The molecule has 0 aliphatic carbocycles. The quantitative estimate of drug-likeness (QED) is 0.813. The fourth-order valence-corrected chi connectivity index (χ4v) is 2.56. The number of rotatable bonds is 2. The lowest BCUT2D eigenvalue weighted by molar-refractivity contribution is 0.969. The van der Waals surface area contributed by atoms with E-state index in [-0.39, 0.29) is 0 Å². The number of benzene rings is 1. The number of anilines is 1. The van der Waals surface area contributed by atoms with E-state index < -0.39 is 0 Å². The predicted molar refractivity (Wildman–Crippen MR) is 72.6 cm³/mol. The standard InChI is InChI=1S/C10H11Cl2N3S/c1-6-5-13-10(16-6)15-14-9-7(11)3-2-4-8(9)12/h2-4,6,14H,5H2,1H3,(H,13,15). The zero-order valence-corrected chi connectivity index (χ0v) is 11.0. The van der Waals surface area contributed by atoms with Gasteiger partial charge in [-0.15, -0.1) is 0 Å². The van der Waals surface area contributed by atoms with Crippen molar-refractivity contribution in [2.75, 3.05) is 12.0 Å². The SMILES string of the molecule is CC1CN=C(NNc2c(Cl)cccc2Cl)S1. The summed E-state index contributed by atoms with van der Waals surface area (Å²) in [4.78, 5) is 4.31. The minimum absolute atomic E-state index is 0.519. The zero-order chi connectivity index (χ0) is 11.5. The van der Waals surface area contributed by atoms with E-state index in [0.29, 0.717) is 21.0 Å². The Morgan fingerprint density at radius 1 is 1.31 bits per heavy atom. The van der Waals surface area contributed by atoms with Gasteiger partial charge in [-0.1, -0.05) is 48.0 Å². The molecule has 0 bridgehead atoms. The van der Waals surface area contributed by atoms with E-state index in [1.165, 1.54) is 0 Å². The van der Waals surface area contributed by atoms with Gasteiger partial charge in [0.2, 0.25) is 0 Å². The molecular formula is C10H11Cl2N3S. The lowest BCUT2D eigenvalue weighted by atomic mass is 10.3. The van der Waals surface area contributed by atoms with Crippen LogP contribution in [0.4, 0.5) is 5.69 Å². The Hall–Kier alpha value is -0.580. The van der Waals surface area contributed by atoms with Gasteiger partial charge in [-0.3, -0.25) is 15.8 Å². The molecule has 0 radical (unpaired) electrons. The van der Waals surface area contributed by atoms with Crippen LogP contribution in [0.5, 0.6) is 0 Å². The number of halogens is 2. The number of hydrazine groups is 1. The highest BCUT2D eigenvalue weighted by molar-refractivity contribution is 8.14. The van der Waals surface area contributed by atoms with Gasteiger partial charge in [-0.2, -0.15) is 0 Å². The Bertz CT molecular complexity index is 402. The first-order chi connectivity index (χ1) is 7.66. The molecule has 0 spiro atoms. The Labute approximate surface area is 109 Å². The average Bonchev–Trinajstić information content (AvgIpc) is 2.63. The van der Waals surface area contributed by atoms with Crippen LogP contribution in [-0.2, 0) is 0 Å². The fraction of sp³-hybridized carbons (Fsp3) is 0.300. The van der Waals surface area contributed by atoms with E-state index in [1.807, 2.05) is 0 Å². The number of amidine groups is 1. The smallest absolute Gasteiger partial charge is 0.175 e. The van der Waals surface area contributed by atoms with Crippen molar-refractivity contribution in [3.63, 3.8) is 0 Å². The molecule has 0 saturated heterocycles. The molecule has 1 aliphatic heterocycles. The first-order valence-corrected chi connectivity index (χ1v) is 6.47. The number of aliphatic imine (C=N–C) groups is 1. The summed E-state index contributed by atoms with van der Waals surface area (Å²) in [6.45, 7) is 2.97. The predicted octanol–water partition coefficient (Wildman–Crippen LogP) is 3.40. The molecule has 86 valence electrons. The van der Waals surface area contributed by atoms with Crippen LogP contribution in [0.15, 0.2) is 23.2 Å². The van der Waals surface area contributed by atoms with Crippen LogP contribution in [-0.4, -0.2) is 17.0 Å². The number of para-hydroxylation sites is 1. The van der Waals surface area contributed by atoms with Crippen molar-refractivity contribution in [2.45, 2.75) is 12.2 Å². The summed E-state index contributed by atoms with van der Waals surface area (Å²) < 4.78 is 0. The maximum Gasteiger partial charge on any atom is 0.175 e. The summed E-state index contributed by atoms with van der Waals surface area (Å²) >= 11 is 13.7. The van der Waals surface area contributed by atoms with E-state index in [9.17, 15) is 0 Å². The third-order valence-electron chi connectivity index (χ3n) is 2.06. The van der Waals surface area contributed by atoms with Crippen LogP contribution in [0.25, 0.3) is 0 Å². The van der Waals surface area contributed by atoms with Crippen molar-refractivity contribution >= 4 is 45.8 Å². The lowest BCUT2D eigenvalue weighted by Crippen LogP contribution is -2.26. The molecule has 2 N–H and O–H groups in total. The van der Waals surface area contributed by atoms with Crippen molar-refractivity contribution in [3.05, 3.63) is 28.2 Å². The van der Waals surface area contributed by atoms with Crippen LogP contribution in [0.1, 0.15) is 6.92 Å². The Balaban J connectivity index is 2.00. The summed E-state index contributed by atoms with van der Waals surface area (Å²) in [5, 5.41) is 2.54. The highest BCUT2D eigenvalue weighted by Gasteiger charge is 2.15. The van der Waals surface area contributed by atoms with E-state index in [4.69, 9.17) is 23.2 Å². The van der Waals surface area contributed by atoms with Gasteiger partial charge in [0.15, 0.2) is 5.17 Å². The first-order valence-electron chi connectivity index (χ1n) is 4.84. The molecule has 1 atom stereocenters. The molecule has 1 heterocycles. The molecule has 16 heavy (non-hydrogen) atoms. The summed E-state index contributed by atoms with van der Waals surface area (Å²) in [7, 11) is 0. The fourth-order valence-electron chi connectivity index (χ4n) is 1.28. The van der Waals surface area contributed by atoms with E-state index in [2.05, 4.69) is 22.8 Å². The molecule has 6 heteroatoms. The zero-order valence-electron chi connectivity index (χ0n) is 8.63. The number of nitrogens with zero attached hydrogens (tertiary/aromatic N) is 1. The summed E-state index contributed by atoms with van der Waals surface area (Å²) in [6, 6.07) is 5.37. The van der Waals surface area contributed by atoms with Gasteiger partial charge in [0.05, 0.1) is 22.3 Å². The van der Waals surface area contributed by atoms with Crippen LogP contribution in [0.2, 0.25) is 10.0 Å². The number of hydrogen-bond acceptors (Lipinski definition) is 4. The summed E-state index contributed by atoms with van der Waals surface area (Å²) in [5.74, 6) is 0. The molecule has 2 rings (SSSR count). The van der Waals surface area contributed by atoms with Gasteiger partial charge in [0.25, 0.3) is 0 Å². The van der Waals surface area contributed by atoms with E-state index in [0.717, 1.165) is 11.7 Å². The van der Waals surface area contributed by atoms with Gasteiger partial charge in [0.1, 0.15) is 0 Å². The highest BCUT2D eigenvalue weighted by Crippen LogP contribution is 2.29. The van der Waals surface area contributed by atoms with Gasteiger partial charge >= 0.3 is 0 Å². The van der Waals surface area contributed by atoms with Crippen LogP contribution >= 0.6 is 35.0 Å². The second-order valence-electron chi connectivity index (χ2n) is 3.42. The highest BCUT2D eigenvalue weighted by atomic mass is 35.5. The second-order valence-corrected chi connectivity index (χ2v) is 5.66. The monoisotopic (exact) mass is 275 g/mol. The van der Waals surface area contributed by atoms with Gasteiger partial charge in [0, 0.05) is 5.25 Å². The van der Waals surface area contributed by atoms with E-state index >= 15 is 0 Å². The van der Waals surface area contributed by atoms with Gasteiger partial charge in [-0.05, 0) is 12.1 Å². The average molecular weight is 276 g/mol. The van der Waals surface area contributed by atoms with E-state index in [1.54, 1.807) is 30.0 Å². The first kappa shape index (κ1) is 11.9. The van der Waals surface area contributed by atoms with Gasteiger partial charge in [-0.25, -0.2) is 0 Å². The molecule has 1 aromatic rings. The maximum atomic E-state index is 6.01. The summed E-state index contributed by atoms with van der Waals surface area (Å²) in [6.07, 6.45) is 0. The molecular weight excluding hydrogens is 265 g/mol.